The van der Waals surface area contributed by atoms with E-state index >= 15 is 0 Å². The molecule has 2 rings (SSSR count). The van der Waals surface area contributed by atoms with Crippen molar-refractivity contribution in [1.29, 1.82) is 0 Å². The van der Waals surface area contributed by atoms with E-state index in [1.165, 1.54) is 9.75 Å². The van der Waals surface area contributed by atoms with Crippen LogP contribution in [-0.2, 0) is 13.0 Å². The zero-order chi connectivity index (χ0) is 13.8. The van der Waals surface area contributed by atoms with Gasteiger partial charge in [0.1, 0.15) is 0 Å². The fraction of sp³-hybridized carbons (Fsp3) is 0.500. The molecule has 0 aliphatic carbocycles. The second kappa shape index (κ2) is 6.55. The largest absolute Gasteiger partial charge is 0.305 e. The van der Waals surface area contributed by atoms with Gasteiger partial charge in [-0.25, -0.2) is 0 Å². The van der Waals surface area contributed by atoms with Gasteiger partial charge >= 0.3 is 0 Å². The monoisotopic (exact) mass is 297 g/mol. The van der Waals surface area contributed by atoms with Crippen molar-refractivity contribution in [2.75, 3.05) is 6.54 Å². The van der Waals surface area contributed by atoms with Crippen LogP contribution in [0.2, 0.25) is 5.02 Å². The number of nitrogens with one attached hydrogen (secondary N) is 1. The van der Waals surface area contributed by atoms with Crippen molar-refractivity contribution in [3.8, 4) is 0 Å². The number of thiophene rings is 1. The Bertz CT molecular complexity index is 533. The van der Waals surface area contributed by atoms with Crippen LogP contribution < -0.4 is 5.32 Å². The van der Waals surface area contributed by atoms with Crippen molar-refractivity contribution < 1.29 is 0 Å². The lowest BCUT2D eigenvalue weighted by Gasteiger charge is -2.18. The van der Waals surface area contributed by atoms with Crippen LogP contribution in [0.25, 0.3) is 0 Å². The molecule has 5 heteroatoms. The summed E-state index contributed by atoms with van der Waals surface area (Å²) in [5, 5.41) is 8.59. The van der Waals surface area contributed by atoms with Crippen molar-refractivity contribution in [2.45, 2.75) is 39.8 Å². The summed E-state index contributed by atoms with van der Waals surface area (Å²) >= 11 is 8.17. The van der Waals surface area contributed by atoms with E-state index in [-0.39, 0.29) is 6.04 Å². The number of halogens is 1. The lowest BCUT2D eigenvalue weighted by Crippen LogP contribution is -2.24. The standard InChI is InChI=1S/C14H20ClN3S/c1-4-10-7-8-12(19-10)13(16-5-2)14-11(15)9-17-18(14)6-3/h7-9,13,16H,4-6H2,1-3H3. The van der Waals surface area contributed by atoms with E-state index < -0.39 is 0 Å². The Morgan fingerprint density at radius 2 is 2.16 bits per heavy atom. The molecule has 0 aliphatic heterocycles. The molecule has 0 saturated heterocycles. The van der Waals surface area contributed by atoms with Crippen LogP contribution in [0.3, 0.4) is 0 Å². The molecule has 0 amide bonds. The van der Waals surface area contributed by atoms with E-state index in [9.17, 15) is 0 Å². The molecule has 3 nitrogen and oxygen atoms in total. The molecule has 104 valence electrons. The van der Waals surface area contributed by atoms with Gasteiger partial charge in [-0.15, -0.1) is 11.3 Å². The van der Waals surface area contributed by atoms with E-state index in [1.54, 1.807) is 6.20 Å². The molecular formula is C14H20ClN3S. The van der Waals surface area contributed by atoms with Crippen molar-refractivity contribution in [2.24, 2.45) is 0 Å². The number of aryl methyl sites for hydroxylation is 2. The van der Waals surface area contributed by atoms with Gasteiger partial charge in [0, 0.05) is 16.3 Å². The van der Waals surface area contributed by atoms with E-state index in [1.807, 2.05) is 16.0 Å². The first-order chi connectivity index (χ1) is 9.21. The Balaban J connectivity index is 2.41. The molecule has 1 unspecified atom stereocenters. The molecule has 2 aromatic heterocycles. The first kappa shape index (κ1) is 14.6. The minimum absolute atomic E-state index is 0.130. The molecule has 2 heterocycles. The van der Waals surface area contributed by atoms with E-state index in [0.717, 1.165) is 30.2 Å². The lowest BCUT2D eigenvalue weighted by molar-refractivity contribution is 0.547. The van der Waals surface area contributed by atoms with Gasteiger partial charge in [0.15, 0.2) is 0 Å². The van der Waals surface area contributed by atoms with Gasteiger partial charge in [0.2, 0.25) is 0 Å². The van der Waals surface area contributed by atoms with Gasteiger partial charge in [-0.05, 0) is 32.0 Å². The maximum absolute atomic E-state index is 6.33. The first-order valence-electron chi connectivity index (χ1n) is 6.74. The molecule has 0 saturated carbocycles. The van der Waals surface area contributed by atoms with Gasteiger partial charge in [-0.1, -0.05) is 25.4 Å². The number of hydrogen-bond acceptors (Lipinski definition) is 3. The van der Waals surface area contributed by atoms with E-state index in [4.69, 9.17) is 11.6 Å². The van der Waals surface area contributed by atoms with Crippen LogP contribution in [0.4, 0.5) is 0 Å². The predicted molar refractivity (Wildman–Crippen MR) is 82.1 cm³/mol. The average molecular weight is 298 g/mol. The quantitative estimate of drug-likeness (QED) is 0.877. The van der Waals surface area contributed by atoms with Crippen LogP contribution in [0, 0.1) is 0 Å². The van der Waals surface area contributed by atoms with Crippen molar-refractivity contribution in [1.82, 2.24) is 15.1 Å². The third-order valence-corrected chi connectivity index (χ3v) is 4.72. The first-order valence-corrected chi connectivity index (χ1v) is 7.93. The predicted octanol–water partition coefficient (Wildman–Crippen LogP) is 3.88. The zero-order valence-corrected chi connectivity index (χ0v) is 13.2. The fourth-order valence-electron chi connectivity index (χ4n) is 2.19. The average Bonchev–Trinajstić information content (AvgIpc) is 3.02. The molecule has 0 fully saturated rings. The summed E-state index contributed by atoms with van der Waals surface area (Å²) in [6, 6.07) is 4.52. The molecule has 1 N–H and O–H groups in total. The van der Waals surface area contributed by atoms with Gasteiger partial charge in [-0.3, -0.25) is 4.68 Å². The molecule has 0 aromatic carbocycles. The van der Waals surface area contributed by atoms with Crippen LogP contribution in [-0.4, -0.2) is 16.3 Å². The Labute approximate surface area is 123 Å². The highest BCUT2D eigenvalue weighted by atomic mass is 35.5. The zero-order valence-electron chi connectivity index (χ0n) is 11.6. The summed E-state index contributed by atoms with van der Waals surface area (Å²) in [6.45, 7) is 8.11. The molecule has 0 bridgehead atoms. The Kier molecular flexibility index (Phi) is 5.02. The number of rotatable bonds is 6. The molecule has 19 heavy (non-hydrogen) atoms. The minimum atomic E-state index is 0.130. The normalized spacial score (nSPS) is 12.8. The van der Waals surface area contributed by atoms with Gasteiger partial charge in [0.05, 0.1) is 23.0 Å². The summed E-state index contributed by atoms with van der Waals surface area (Å²) in [4.78, 5) is 2.70. The van der Waals surface area contributed by atoms with E-state index in [2.05, 4.69) is 43.3 Å². The smallest absolute Gasteiger partial charge is 0.0857 e. The van der Waals surface area contributed by atoms with Crippen molar-refractivity contribution in [3.63, 3.8) is 0 Å². The number of aromatic nitrogens is 2. The van der Waals surface area contributed by atoms with Gasteiger partial charge in [0.25, 0.3) is 0 Å². The molecular weight excluding hydrogens is 278 g/mol. The maximum atomic E-state index is 6.33. The molecule has 1 atom stereocenters. The van der Waals surface area contributed by atoms with E-state index in [0.29, 0.717) is 0 Å². The third-order valence-electron chi connectivity index (χ3n) is 3.13. The highest BCUT2D eigenvalue weighted by Crippen LogP contribution is 2.32. The van der Waals surface area contributed by atoms with Crippen LogP contribution in [0.15, 0.2) is 18.3 Å². The Morgan fingerprint density at radius 3 is 2.74 bits per heavy atom. The molecule has 0 aliphatic rings. The molecule has 0 radical (unpaired) electrons. The summed E-state index contributed by atoms with van der Waals surface area (Å²) in [5.41, 5.74) is 1.07. The van der Waals surface area contributed by atoms with Gasteiger partial charge < -0.3 is 5.32 Å². The highest BCUT2D eigenvalue weighted by Gasteiger charge is 2.22. The third kappa shape index (κ3) is 3.02. The lowest BCUT2D eigenvalue weighted by atomic mass is 10.1. The molecule has 2 aromatic rings. The maximum Gasteiger partial charge on any atom is 0.0857 e. The second-order valence-electron chi connectivity index (χ2n) is 4.34. The summed E-state index contributed by atoms with van der Waals surface area (Å²) in [7, 11) is 0. The van der Waals surface area contributed by atoms with Crippen molar-refractivity contribution >= 4 is 22.9 Å². The number of nitrogens with zero attached hydrogens (tertiary/aromatic N) is 2. The van der Waals surface area contributed by atoms with Crippen LogP contribution in [0.5, 0.6) is 0 Å². The Morgan fingerprint density at radius 1 is 1.37 bits per heavy atom. The SMILES string of the molecule is CCNC(c1ccc(CC)s1)c1c(Cl)cnn1CC. The van der Waals surface area contributed by atoms with Crippen LogP contribution >= 0.6 is 22.9 Å². The highest BCUT2D eigenvalue weighted by molar-refractivity contribution is 7.12. The van der Waals surface area contributed by atoms with Gasteiger partial charge in [-0.2, -0.15) is 5.10 Å². The minimum Gasteiger partial charge on any atom is -0.305 e. The summed E-state index contributed by atoms with van der Waals surface area (Å²) in [5.74, 6) is 0. The van der Waals surface area contributed by atoms with Crippen LogP contribution in [0.1, 0.15) is 42.3 Å². The second-order valence-corrected chi connectivity index (χ2v) is 5.95. The summed E-state index contributed by atoms with van der Waals surface area (Å²) in [6.07, 6.45) is 2.81. The van der Waals surface area contributed by atoms with Crippen molar-refractivity contribution in [3.05, 3.63) is 38.8 Å². The summed E-state index contributed by atoms with van der Waals surface area (Å²) < 4.78 is 1.97. The number of hydrogen-bond donors (Lipinski definition) is 1. The Hall–Kier alpha value is -0.840. The fourth-order valence-corrected chi connectivity index (χ4v) is 3.47. The topological polar surface area (TPSA) is 29.9 Å². The molecule has 0 spiro atoms.